The van der Waals surface area contributed by atoms with E-state index in [1.165, 1.54) is 0 Å². The molecule has 0 fully saturated rings. The van der Waals surface area contributed by atoms with Crippen LogP contribution in [0.5, 0.6) is 0 Å². The summed E-state index contributed by atoms with van der Waals surface area (Å²) in [6.07, 6.45) is 0. The molecule has 2 rings (SSSR count). The SMILES string of the molecule is O=C(c1cc(Br)c(Br)s1)c1cc(F)c(Br)cc1F. The molecule has 0 N–H and O–H groups in total. The number of carbonyl (C=O) groups excluding carboxylic acids is 1. The number of rotatable bonds is 2. The Hall–Kier alpha value is -0.110. The Kier molecular flexibility index (Phi) is 4.36. The minimum atomic E-state index is -0.756. The molecule has 0 amide bonds. The highest BCUT2D eigenvalue weighted by molar-refractivity contribution is 9.13. The summed E-state index contributed by atoms with van der Waals surface area (Å²) in [5.74, 6) is -1.97. The van der Waals surface area contributed by atoms with E-state index in [2.05, 4.69) is 47.8 Å². The first kappa shape index (κ1) is 14.3. The van der Waals surface area contributed by atoms with Crippen LogP contribution in [0.3, 0.4) is 0 Å². The van der Waals surface area contributed by atoms with Gasteiger partial charge in [0, 0.05) is 4.47 Å². The number of benzene rings is 1. The quantitative estimate of drug-likeness (QED) is 0.424. The van der Waals surface area contributed by atoms with Gasteiger partial charge >= 0.3 is 0 Å². The number of ketones is 1. The van der Waals surface area contributed by atoms with Crippen molar-refractivity contribution in [3.63, 3.8) is 0 Å². The van der Waals surface area contributed by atoms with Crippen molar-refractivity contribution in [2.75, 3.05) is 0 Å². The molecule has 1 aromatic carbocycles. The second kappa shape index (κ2) is 5.48. The standard InChI is InChI=1S/C11H3Br3F2OS/c12-5-2-7(15)4(1-8(5)16)10(17)9-3-6(13)11(14)18-9/h1-3H. The lowest BCUT2D eigenvalue weighted by Gasteiger charge is -2.02. The van der Waals surface area contributed by atoms with Crippen molar-refractivity contribution in [2.45, 2.75) is 0 Å². The first-order valence-corrected chi connectivity index (χ1v) is 7.73. The van der Waals surface area contributed by atoms with E-state index in [1.807, 2.05) is 0 Å². The second-order valence-corrected chi connectivity index (χ2v) is 7.39. The number of hydrogen-bond donors (Lipinski definition) is 0. The molecule has 0 radical (unpaired) electrons. The van der Waals surface area contributed by atoms with Gasteiger partial charge in [-0.2, -0.15) is 0 Å². The largest absolute Gasteiger partial charge is 0.288 e. The van der Waals surface area contributed by atoms with Gasteiger partial charge in [0.2, 0.25) is 5.78 Å². The van der Waals surface area contributed by atoms with Crippen LogP contribution in [0, 0.1) is 11.6 Å². The molecule has 7 heteroatoms. The van der Waals surface area contributed by atoms with Crippen LogP contribution < -0.4 is 0 Å². The molecule has 1 aromatic heterocycles. The summed E-state index contributed by atoms with van der Waals surface area (Å²) in [6.45, 7) is 0. The van der Waals surface area contributed by atoms with E-state index < -0.39 is 17.4 Å². The number of halogens is 5. The summed E-state index contributed by atoms with van der Waals surface area (Å²) in [6, 6.07) is 3.40. The molecule has 0 atom stereocenters. The van der Waals surface area contributed by atoms with Gasteiger partial charge in [0.05, 0.1) is 18.7 Å². The molecule has 0 saturated carbocycles. The molecule has 94 valence electrons. The lowest BCUT2D eigenvalue weighted by atomic mass is 10.1. The maximum Gasteiger partial charge on any atom is 0.206 e. The van der Waals surface area contributed by atoms with Crippen molar-refractivity contribution in [1.29, 1.82) is 0 Å². The first-order chi connectivity index (χ1) is 8.40. The Morgan fingerprint density at radius 3 is 2.22 bits per heavy atom. The highest BCUT2D eigenvalue weighted by Crippen LogP contribution is 2.34. The Labute approximate surface area is 131 Å². The molecule has 0 aliphatic carbocycles. The maximum atomic E-state index is 13.6. The predicted molar refractivity (Wildman–Crippen MR) is 77.2 cm³/mol. The number of thiophene rings is 1. The third kappa shape index (κ3) is 2.74. The summed E-state index contributed by atoms with van der Waals surface area (Å²) < 4.78 is 28.4. The number of hydrogen-bond acceptors (Lipinski definition) is 2. The lowest BCUT2D eigenvalue weighted by Crippen LogP contribution is -2.03. The van der Waals surface area contributed by atoms with Crippen molar-refractivity contribution in [3.05, 3.63) is 53.0 Å². The van der Waals surface area contributed by atoms with Gasteiger partial charge in [0.25, 0.3) is 0 Å². The van der Waals surface area contributed by atoms with Crippen LogP contribution in [-0.2, 0) is 0 Å². The van der Waals surface area contributed by atoms with E-state index in [1.54, 1.807) is 6.07 Å². The van der Waals surface area contributed by atoms with Crippen molar-refractivity contribution >= 4 is 64.9 Å². The van der Waals surface area contributed by atoms with Gasteiger partial charge in [-0.05, 0) is 66.0 Å². The average Bonchev–Trinajstić information content (AvgIpc) is 2.63. The zero-order valence-electron chi connectivity index (χ0n) is 8.44. The highest BCUT2D eigenvalue weighted by Gasteiger charge is 2.19. The van der Waals surface area contributed by atoms with Gasteiger partial charge in [0.1, 0.15) is 11.6 Å². The molecular weight excluding hydrogens is 458 g/mol. The van der Waals surface area contributed by atoms with E-state index in [9.17, 15) is 13.6 Å². The Morgan fingerprint density at radius 2 is 1.67 bits per heavy atom. The molecular formula is C11H3Br3F2OS. The van der Waals surface area contributed by atoms with E-state index in [0.717, 1.165) is 27.3 Å². The fourth-order valence-electron chi connectivity index (χ4n) is 1.29. The molecule has 18 heavy (non-hydrogen) atoms. The third-order valence-corrected chi connectivity index (χ3v) is 5.99. The van der Waals surface area contributed by atoms with Gasteiger partial charge in [-0.3, -0.25) is 4.79 Å². The van der Waals surface area contributed by atoms with Gasteiger partial charge < -0.3 is 0 Å². The van der Waals surface area contributed by atoms with Gasteiger partial charge in [-0.25, -0.2) is 8.78 Å². The molecule has 1 heterocycles. The van der Waals surface area contributed by atoms with Crippen LogP contribution in [0.4, 0.5) is 8.78 Å². The molecule has 0 aliphatic heterocycles. The summed E-state index contributed by atoms with van der Waals surface area (Å²) in [7, 11) is 0. The molecule has 0 aliphatic rings. The maximum absolute atomic E-state index is 13.6. The highest BCUT2D eigenvalue weighted by atomic mass is 79.9. The van der Waals surface area contributed by atoms with Crippen molar-refractivity contribution in [3.8, 4) is 0 Å². The summed E-state index contributed by atoms with van der Waals surface area (Å²) in [5, 5.41) is 0. The zero-order valence-corrected chi connectivity index (χ0v) is 14.0. The van der Waals surface area contributed by atoms with Crippen molar-refractivity contribution < 1.29 is 13.6 Å². The molecule has 2 aromatic rings. The summed E-state index contributed by atoms with van der Waals surface area (Å²) in [5.41, 5.74) is -0.281. The summed E-state index contributed by atoms with van der Waals surface area (Å²) >= 11 is 10.5. The normalized spacial score (nSPS) is 10.7. The van der Waals surface area contributed by atoms with Crippen LogP contribution in [-0.4, -0.2) is 5.78 Å². The van der Waals surface area contributed by atoms with Crippen molar-refractivity contribution in [1.82, 2.24) is 0 Å². The third-order valence-electron chi connectivity index (χ3n) is 2.12. The van der Waals surface area contributed by atoms with E-state index in [-0.39, 0.29) is 10.0 Å². The average molecular weight is 461 g/mol. The van der Waals surface area contributed by atoms with Crippen LogP contribution in [0.15, 0.2) is 30.9 Å². The predicted octanol–water partition coefficient (Wildman–Crippen LogP) is 5.54. The molecule has 0 bridgehead atoms. The molecule has 1 nitrogen and oxygen atoms in total. The zero-order chi connectivity index (χ0) is 13.4. The van der Waals surface area contributed by atoms with Gasteiger partial charge in [0.15, 0.2) is 0 Å². The monoisotopic (exact) mass is 458 g/mol. The fraction of sp³-hybridized carbons (Fsp3) is 0. The fourth-order valence-corrected chi connectivity index (χ4v) is 3.59. The van der Waals surface area contributed by atoms with Crippen molar-refractivity contribution in [2.24, 2.45) is 0 Å². The first-order valence-electron chi connectivity index (χ1n) is 4.54. The van der Waals surface area contributed by atoms with Gasteiger partial charge in [-0.1, -0.05) is 0 Å². The molecule has 0 unspecified atom stereocenters. The van der Waals surface area contributed by atoms with E-state index >= 15 is 0 Å². The molecule has 0 spiro atoms. The van der Waals surface area contributed by atoms with Crippen LogP contribution in [0.2, 0.25) is 0 Å². The van der Waals surface area contributed by atoms with E-state index in [0.29, 0.717) is 9.35 Å². The molecule has 0 saturated heterocycles. The Balaban J connectivity index is 2.49. The topological polar surface area (TPSA) is 17.1 Å². The number of carbonyl (C=O) groups is 1. The second-order valence-electron chi connectivity index (χ2n) is 3.31. The minimum Gasteiger partial charge on any atom is -0.288 e. The van der Waals surface area contributed by atoms with Crippen LogP contribution in [0.1, 0.15) is 15.2 Å². The minimum absolute atomic E-state index is 0.00918. The van der Waals surface area contributed by atoms with E-state index in [4.69, 9.17) is 0 Å². The smallest absolute Gasteiger partial charge is 0.206 e. The summed E-state index contributed by atoms with van der Waals surface area (Å²) in [4.78, 5) is 12.4. The van der Waals surface area contributed by atoms with Crippen LogP contribution >= 0.6 is 59.1 Å². The van der Waals surface area contributed by atoms with Crippen LogP contribution in [0.25, 0.3) is 0 Å². The lowest BCUT2D eigenvalue weighted by molar-refractivity contribution is 0.103. The Morgan fingerprint density at radius 1 is 1.00 bits per heavy atom. The Bertz CT molecular complexity index is 620. The van der Waals surface area contributed by atoms with Gasteiger partial charge in [-0.15, -0.1) is 11.3 Å².